The summed E-state index contributed by atoms with van der Waals surface area (Å²) < 4.78 is 22.6. The molecule has 0 amide bonds. The van der Waals surface area contributed by atoms with E-state index < -0.39 is 9.84 Å². The molecule has 1 unspecified atom stereocenters. The predicted octanol–water partition coefficient (Wildman–Crippen LogP) is 1.71. The minimum absolute atomic E-state index is 0. The fourth-order valence-corrected chi connectivity index (χ4v) is 3.77. The molecule has 0 saturated carbocycles. The molecule has 1 aliphatic rings. The van der Waals surface area contributed by atoms with Crippen LogP contribution in [0.15, 0.2) is 4.99 Å². The van der Waals surface area contributed by atoms with Crippen LogP contribution in [-0.4, -0.2) is 70.6 Å². The topological polar surface area (TPSA) is 73.8 Å². The van der Waals surface area contributed by atoms with Gasteiger partial charge < -0.3 is 10.6 Å². The third kappa shape index (κ3) is 9.41. The Balaban J connectivity index is 0.00000529. The summed E-state index contributed by atoms with van der Waals surface area (Å²) in [7, 11) is -1.14. The first kappa shape index (κ1) is 23.9. The van der Waals surface area contributed by atoms with Crippen molar-refractivity contribution in [1.29, 1.82) is 0 Å². The van der Waals surface area contributed by atoms with Crippen LogP contribution in [0, 0.1) is 5.41 Å². The second kappa shape index (κ2) is 10.8. The Bertz CT molecular complexity index is 494. The lowest BCUT2D eigenvalue weighted by molar-refractivity contribution is 0.266. The lowest BCUT2D eigenvalue weighted by Crippen LogP contribution is -2.47. The van der Waals surface area contributed by atoms with Gasteiger partial charge in [-0.2, -0.15) is 0 Å². The van der Waals surface area contributed by atoms with Gasteiger partial charge in [0.05, 0.1) is 5.75 Å². The van der Waals surface area contributed by atoms with Crippen LogP contribution in [0.2, 0.25) is 0 Å². The van der Waals surface area contributed by atoms with Gasteiger partial charge in [-0.05, 0) is 37.8 Å². The van der Waals surface area contributed by atoms with Crippen LogP contribution in [0.1, 0.15) is 40.0 Å². The van der Waals surface area contributed by atoms with Crippen LogP contribution in [0.3, 0.4) is 0 Å². The van der Waals surface area contributed by atoms with Crippen LogP contribution in [0.5, 0.6) is 0 Å². The zero-order valence-electron chi connectivity index (χ0n) is 15.8. The highest BCUT2D eigenvalue weighted by Gasteiger charge is 2.24. The Labute approximate surface area is 165 Å². The molecule has 1 heterocycles. The molecule has 0 aliphatic carbocycles. The number of guanidine groups is 1. The standard InChI is InChI=1S/C16H34N4O2S.HI/c1-6-20-10-7-8-14(20)12-18-15(17-4)19-13-16(2,3)9-11-23(5,21)22;/h14H,6-13H2,1-5H3,(H2,17,18,19);1H. The molecule has 144 valence electrons. The average Bonchev–Trinajstić information content (AvgIpc) is 2.92. The fourth-order valence-electron chi connectivity index (χ4n) is 2.85. The molecule has 1 atom stereocenters. The minimum atomic E-state index is -2.91. The molecule has 0 aromatic heterocycles. The number of likely N-dealkylation sites (N-methyl/N-ethyl adjacent to an activating group) is 1. The van der Waals surface area contributed by atoms with Gasteiger partial charge in [-0.3, -0.25) is 9.89 Å². The van der Waals surface area contributed by atoms with Gasteiger partial charge in [0, 0.05) is 32.4 Å². The largest absolute Gasteiger partial charge is 0.356 e. The zero-order chi connectivity index (χ0) is 17.5. The molecule has 0 bridgehead atoms. The lowest BCUT2D eigenvalue weighted by atomic mass is 9.90. The van der Waals surface area contributed by atoms with E-state index in [-0.39, 0.29) is 35.1 Å². The summed E-state index contributed by atoms with van der Waals surface area (Å²) in [5.74, 6) is 1.02. The third-order valence-electron chi connectivity index (χ3n) is 4.52. The van der Waals surface area contributed by atoms with E-state index in [4.69, 9.17) is 0 Å². The van der Waals surface area contributed by atoms with Gasteiger partial charge in [-0.1, -0.05) is 20.8 Å². The van der Waals surface area contributed by atoms with Crippen LogP contribution < -0.4 is 10.6 Å². The number of sulfone groups is 1. The van der Waals surface area contributed by atoms with E-state index >= 15 is 0 Å². The molecule has 8 heteroatoms. The minimum Gasteiger partial charge on any atom is -0.356 e. The Morgan fingerprint density at radius 3 is 2.54 bits per heavy atom. The van der Waals surface area contributed by atoms with Crippen LogP contribution in [-0.2, 0) is 9.84 Å². The van der Waals surface area contributed by atoms with Gasteiger partial charge in [0.1, 0.15) is 9.84 Å². The quantitative estimate of drug-likeness (QED) is 0.319. The fraction of sp³-hybridized carbons (Fsp3) is 0.938. The normalized spacial score (nSPS) is 19.9. The molecule has 0 aromatic rings. The van der Waals surface area contributed by atoms with E-state index in [1.807, 2.05) is 0 Å². The summed E-state index contributed by atoms with van der Waals surface area (Å²) in [5.41, 5.74) is -0.0937. The number of nitrogens with zero attached hydrogens (tertiary/aromatic N) is 2. The van der Waals surface area contributed by atoms with Crippen molar-refractivity contribution in [2.24, 2.45) is 10.4 Å². The van der Waals surface area contributed by atoms with E-state index in [0.29, 0.717) is 19.0 Å². The highest BCUT2D eigenvalue weighted by Crippen LogP contribution is 2.20. The Morgan fingerprint density at radius 2 is 2.00 bits per heavy atom. The number of hydrogen-bond acceptors (Lipinski definition) is 4. The van der Waals surface area contributed by atoms with Gasteiger partial charge in [0.15, 0.2) is 5.96 Å². The number of aliphatic imine (C=N–C) groups is 1. The first-order chi connectivity index (χ1) is 10.7. The van der Waals surface area contributed by atoms with Crippen molar-refractivity contribution in [2.45, 2.75) is 46.1 Å². The Kier molecular flexibility index (Phi) is 10.8. The monoisotopic (exact) mass is 474 g/mol. The van der Waals surface area contributed by atoms with Crippen molar-refractivity contribution in [3.8, 4) is 0 Å². The van der Waals surface area contributed by atoms with Gasteiger partial charge >= 0.3 is 0 Å². The molecule has 24 heavy (non-hydrogen) atoms. The van der Waals surface area contributed by atoms with E-state index in [1.165, 1.54) is 25.6 Å². The van der Waals surface area contributed by atoms with Crippen LogP contribution in [0.4, 0.5) is 0 Å². The van der Waals surface area contributed by atoms with E-state index in [1.54, 1.807) is 7.05 Å². The molecule has 1 aliphatic heterocycles. The first-order valence-corrected chi connectivity index (χ1v) is 10.6. The molecule has 2 N–H and O–H groups in total. The van der Waals surface area contributed by atoms with Gasteiger partial charge in [-0.15, -0.1) is 24.0 Å². The third-order valence-corrected chi connectivity index (χ3v) is 5.46. The summed E-state index contributed by atoms with van der Waals surface area (Å²) in [6.45, 7) is 10.2. The Morgan fingerprint density at radius 1 is 1.33 bits per heavy atom. The first-order valence-electron chi connectivity index (χ1n) is 8.53. The number of hydrogen-bond donors (Lipinski definition) is 2. The molecule has 1 saturated heterocycles. The summed E-state index contributed by atoms with van der Waals surface area (Å²) in [4.78, 5) is 6.77. The highest BCUT2D eigenvalue weighted by atomic mass is 127. The molecular weight excluding hydrogens is 439 g/mol. The second-order valence-corrected chi connectivity index (χ2v) is 9.54. The van der Waals surface area contributed by atoms with E-state index in [2.05, 4.69) is 41.3 Å². The van der Waals surface area contributed by atoms with Crippen molar-refractivity contribution in [2.75, 3.05) is 45.2 Å². The maximum Gasteiger partial charge on any atom is 0.191 e. The smallest absolute Gasteiger partial charge is 0.191 e. The van der Waals surface area contributed by atoms with Crippen molar-refractivity contribution >= 4 is 39.8 Å². The summed E-state index contributed by atoms with van der Waals surface area (Å²) in [5, 5.41) is 6.73. The van der Waals surface area contributed by atoms with Crippen molar-refractivity contribution in [3.05, 3.63) is 0 Å². The second-order valence-electron chi connectivity index (χ2n) is 7.28. The lowest BCUT2D eigenvalue weighted by Gasteiger charge is -2.27. The molecular formula is C16H35IN4O2S. The molecule has 6 nitrogen and oxygen atoms in total. The molecule has 1 fully saturated rings. The summed E-state index contributed by atoms with van der Waals surface area (Å²) in [6.07, 6.45) is 4.43. The predicted molar refractivity (Wildman–Crippen MR) is 113 cm³/mol. The zero-order valence-corrected chi connectivity index (χ0v) is 18.9. The highest BCUT2D eigenvalue weighted by molar-refractivity contribution is 14.0. The van der Waals surface area contributed by atoms with Gasteiger partial charge in [0.25, 0.3) is 0 Å². The van der Waals surface area contributed by atoms with Gasteiger partial charge in [0.2, 0.25) is 0 Å². The number of likely N-dealkylation sites (tertiary alicyclic amines) is 1. The number of nitrogens with one attached hydrogen (secondary N) is 2. The molecule has 0 aromatic carbocycles. The van der Waals surface area contributed by atoms with E-state index in [9.17, 15) is 8.42 Å². The van der Waals surface area contributed by atoms with Crippen molar-refractivity contribution in [1.82, 2.24) is 15.5 Å². The maximum absolute atomic E-state index is 11.3. The summed E-state index contributed by atoms with van der Waals surface area (Å²) >= 11 is 0. The van der Waals surface area contributed by atoms with Crippen molar-refractivity contribution < 1.29 is 8.42 Å². The van der Waals surface area contributed by atoms with Crippen LogP contribution >= 0.6 is 24.0 Å². The SMILES string of the molecule is CCN1CCCC1CNC(=NC)NCC(C)(C)CCS(C)(=O)=O.I. The van der Waals surface area contributed by atoms with Crippen LogP contribution in [0.25, 0.3) is 0 Å². The number of halogens is 1. The maximum atomic E-state index is 11.3. The molecule has 0 spiro atoms. The van der Waals surface area contributed by atoms with Crippen molar-refractivity contribution in [3.63, 3.8) is 0 Å². The Hall–Kier alpha value is -0.0900. The average molecular weight is 474 g/mol. The number of rotatable bonds is 8. The summed E-state index contributed by atoms with van der Waals surface area (Å²) in [6, 6.07) is 0.580. The molecule has 1 rings (SSSR count). The van der Waals surface area contributed by atoms with E-state index in [0.717, 1.165) is 19.0 Å². The van der Waals surface area contributed by atoms with Gasteiger partial charge in [-0.25, -0.2) is 8.42 Å². The molecule has 0 radical (unpaired) electrons.